The number of nitrogens with zero attached hydrogens (tertiary/aromatic N) is 1. The van der Waals surface area contributed by atoms with E-state index in [1.54, 1.807) is 4.90 Å². The quantitative estimate of drug-likeness (QED) is 0.718. The van der Waals surface area contributed by atoms with Crippen LogP contribution in [0.1, 0.15) is 12.0 Å². The van der Waals surface area contributed by atoms with Crippen molar-refractivity contribution >= 4 is 17.3 Å². The van der Waals surface area contributed by atoms with Crippen molar-refractivity contribution in [1.29, 1.82) is 0 Å². The van der Waals surface area contributed by atoms with Crippen molar-refractivity contribution in [2.45, 2.75) is 18.9 Å². The number of nitrogens with one attached hydrogen (secondary N) is 1. The van der Waals surface area contributed by atoms with Crippen LogP contribution in [0.3, 0.4) is 0 Å². The SMILES string of the molecule is CNc1ccc2c(c1)CCC(=O)N2CC(N)CO. The van der Waals surface area contributed by atoms with Gasteiger partial charge in [-0.25, -0.2) is 0 Å². The molecule has 0 radical (unpaired) electrons. The molecule has 4 N–H and O–H groups in total. The molecular formula is C13H19N3O2. The molecule has 0 saturated carbocycles. The van der Waals surface area contributed by atoms with E-state index < -0.39 is 6.04 Å². The molecule has 1 amide bonds. The van der Waals surface area contributed by atoms with Gasteiger partial charge < -0.3 is 21.1 Å². The molecule has 5 heteroatoms. The average Bonchev–Trinajstić information content (AvgIpc) is 2.41. The third-order valence-electron chi connectivity index (χ3n) is 3.22. The van der Waals surface area contributed by atoms with E-state index in [4.69, 9.17) is 10.8 Å². The zero-order valence-corrected chi connectivity index (χ0v) is 10.5. The molecule has 1 atom stereocenters. The van der Waals surface area contributed by atoms with Crippen LogP contribution in [0.4, 0.5) is 11.4 Å². The van der Waals surface area contributed by atoms with Gasteiger partial charge in [-0.1, -0.05) is 0 Å². The molecule has 2 rings (SSSR count). The number of carbonyl (C=O) groups excluding carboxylic acids is 1. The molecule has 98 valence electrons. The van der Waals surface area contributed by atoms with Gasteiger partial charge in [-0.2, -0.15) is 0 Å². The molecule has 0 bridgehead atoms. The summed E-state index contributed by atoms with van der Waals surface area (Å²) in [6.45, 7) is 0.245. The molecule has 1 aromatic carbocycles. The fraction of sp³-hybridized carbons (Fsp3) is 0.462. The molecule has 0 fully saturated rings. The highest BCUT2D eigenvalue weighted by Crippen LogP contribution is 2.30. The van der Waals surface area contributed by atoms with Crippen molar-refractivity contribution in [3.63, 3.8) is 0 Å². The molecule has 1 aromatic rings. The van der Waals surface area contributed by atoms with Crippen molar-refractivity contribution < 1.29 is 9.90 Å². The molecule has 1 unspecified atom stereocenters. The van der Waals surface area contributed by atoms with E-state index in [2.05, 4.69) is 11.4 Å². The van der Waals surface area contributed by atoms with E-state index in [0.717, 1.165) is 23.4 Å². The van der Waals surface area contributed by atoms with Gasteiger partial charge in [0.15, 0.2) is 0 Å². The molecule has 18 heavy (non-hydrogen) atoms. The number of benzene rings is 1. The lowest BCUT2D eigenvalue weighted by Crippen LogP contribution is -2.45. The Morgan fingerprint density at radius 1 is 1.50 bits per heavy atom. The second kappa shape index (κ2) is 5.37. The Morgan fingerprint density at radius 2 is 2.28 bits per heavy atom. The van der Waals surface area contributed by atoms with Crippen LogP contribution >= 0.6 is 0 Å². The van der Waals surface area contributed by atoms with Crippen molar-refractivity contribution in [2.75, 3.05) is 30.4 Å². The summed E-state index contributed by atoms with van der Waals surface area (Å²) in [4.78, 5) is 13.6. The number of carbonyl (C=O) groups is 1. The van der Waals surface area contributed by atoms with Gasteiger partial charge >= 0.3 is 0 Å². The number of fused-ring (bicyclic) bond motifs is 1. The zero-order valence-electron chi connectivity index (χ0n) is 10.5. The number of rotatable bonds is 4. The first-order valence-corrected chi connectivity index (χ1v) is 6.13. The number of amides is 1. The van der Waals surface area contributed by atoms with Crippen molar-refractivity contribution in [2.24, 2.45) is 5.73 Å². The first-order chi connectivity index (χ1) is 8.65. The second-order valence-corrected chi connectivity index (χ2v) is 4.54. The van der Waals surface area contributed by atoms with Gasteiger partial charge in [-0.05, 0) is 30.2 Å². The minimum absolute atomic E-state index is 0.0728. The highest BCUT2D eigenvalue weighted by Gasteiger charge is 2.25. The van der Waals surface area contributed by atoms with E-state index >= 15 is 0 Å². The first kappa shape index (κ1) is 12.9. The van der Waals surface area contributed by atoms with Gasteiger partial charge in [0.25, 0.3) is 0 Å². The first-order valence-electron chi connectivity index (χ1n) is 6.13. The van der Waals surface area contributed by atoms with E-state index in [0.29, 0.717) is 13.0 Å². The Labute approximate surface area is 107 Å². The van der Waals surface area contributed by atoms with Crippen LogP contribution in [0.2, 0.25) is 0 Å². The van der Waals surface area contributed by atoms with E-state index in [9.17, 15) is 4.79 Å². The molecule has 1 heterocycles. The monoisotopic (exact) mass is 249 g/mol. The number of hydrogen-bond acceptors (Lipinski definition) is 4. The van der Waals surface area contributed by atoms with E-state index in [1.807, 2.05) is 19.2 Å². The van der Waals surface area contributed by atoms with Crippen LogP contribution in [0, 0.1) is 0 Å². The third-order valence-corrected chi connectivity index (χ3v) is 3.22. The van der Waals surface area contributed by atoms with E-state index in [-0.39, 0.29) is 12.5 Å². The van der Waals surface area contributed by atoms with Crippen LogP contribution in [-0.2, 0) is 11.2 Å². The molecular weight excluding hydrogens is 230 g/mol. The lowest BCUT2D eigenvalue weighted by molar-refractivity contribution is -0.119. The highest BCUT2D eigenvalue weighted by atomic mass is 16.3. The van der Waals surface area contributed by atoms with Gasteiger partial charge in [0.2, 0.25) is 5.91 Å². The normalized spacial score (nSPS) is 16.4. The van der Waals surface area contributed by atoms with Crippen molar-refractivity contribution in [1.82, 2.24) is 0 Å². The molecule has 1 aliphatic heterocycles. The number of hydrogen-bond donors (Lipinski definition) is 3. The zero-order chi connectivity index (χ0) is 13.1. The average molecular weight is 249 g/mol. The number of nitrogens with two attached hydrogens (primary N) is 1. The van der Waals surface area contributed by atoms with Crippen molar-refractivity contribution in [3.8, 4) is 0 Å². The number of aryl methyl sites for hydroxylation is 1. The van der Waals surface area contributed by atoms with Crippen LogP contribution in [0.5, 0.6) is 0 Å². The molecule has 0 spiro atoms. The summed E-state index contributed by atoms with van der Waals surface area (Å²) in [5.74, 6) is 0.0728. The summed E-state index contributed by atoms with van der Waals surface area (Å²) < 4.78 is 0. The Morgan fingerprint density at radius 3 is 2.94 bits per heavy atom. The summed E-state index contributed by atoms with van der Waals surface area (Å²) in [7, 11) is 1.87. The maximum Gasteiger partial charge on any atom is 0.227 e. The maximum absolute atomic E-state index is 11.9. The third kappa shape index (κ3) is 2.47. The predicted octanol–water partition coefficient (Wildman–Crippen LogP) is 0.327. The fourth-order valence-corrected chi connectivity index (χ4v) is 2.21. The summed E-state index contributed by atoms with van der Waals surface area (Å²) >= 11 is 0. The highest BCUT2D eigenvalue weighted by molar-refractivity contribution is 5.96. The van der Waals surface area contributed by atoms with E-state index in [1.165, 1.54) is 0 Å². The predicted molar refractivity (Wildman–Crippen MR) is 71.7 cm³/mol. The summed E-state index contributed by atoms with van der Waals surface area (Å²) in [5.41, 5.74) is 8.82. The van der Waals surface area contributed by atoms with Crippen LogP contribution < -0.4 is 16.0 Å². The van der Waals surface area contributed by atoms with Gasteiger partial charge in [0.1, 0.15) is 0 Å². The largest absolute Gasteiger partial charge is 0.395 e. The molecule has 5 nitrogen and oxygen atoms in total. The van der Waals surface area contributed by atoms with Gasteiger partial charge in [-0.3, -0.25) is 4.79 Å². The lowest BCUT2D eigenvalue weighted by Gasteiger charge is -2.31. The summed E-state index contributed by atoms with van der Waals surface area (Å²) in [6.07, 6.45) is 1.26. The lowest BCUT2D eigenvalue weighted by atomic mass is 10.00. The fourth-order valence-electron chi connectivity index (χ4n) is 2.21. The smallest absolute Gasteiger partial charge is 0.227 e. The van der Waals surface area contributed by atoms with Gasteiger partial charge in [0, 0.05) is 37.4 Å². The minimum Gasteiger partial charge on any atom is -0.395 e. The van der Waals surface area contributed by atoms with Crippen LogP contribution in [0.25, 0.3) is 0 Å². The Hall–Kier alpha value is -1.59. The maximum atomic E-state index is 11.9. The Bertz CT molecular complexity index is 448. The summed E-state index contributed by atoms with van der Waals surface area (Å²) in [5, 5.41) is 12.1. The second-order valence-electron chi connectivity index (χ2n) is 4.54. The Kier molecular flexibility index (Phi) is 3.84. The molecule has 0 aromatic heterocycles. The molecule has 0 saturated heterocycles. The molecule has 1 aliphatic rings. The van der Waals surface area contributed by atoms with Crippen LogP contribution in [0.15, 0.2) is 18.2 Å². The number of aliphatic hydroxyl groups excluding tert-OH is 1. The minimum atomic E-state index is -0.399. The van der Waals surface area contributed by atoms with Gasteiger partial charge in [0.05, 0.1) is 6.61 Å². The summed E-state index contributed by atoms with van der Waals surface area (Å²) in [6, 6.07) is 5.53. The number of aliphatic hydroxyl groups is 1. The van der Waals surface area contributed by atoms with Crippen molar-refractivity contribution in [3.05, 3.63) is 23.8 Å². The van der Waals surface area contributed by atoms with Gasteiger partial charge in [-0.15, -0.1) is 0 Å². The Balaban J connectivity index is 2.29. The molecule has 0 aliphatic carbocycles. The number of anilines is 2. The van der Waals surface area contributed by atoms with Crippen LogP contribution in [-0.4, -0.2) is 37.3 Å². The topological polar surface area (TPSA) is 78.6 Å². The standard InChI is InChI=1S/C13H19N3O2/c1-15-11-3-4-12-9(6-11)2-5-13(18)16(12)7-10(14)8-17/h3-4,6,10,15,17H,2,5,7-8,14H2,1H3.